The van der Waals surface area contributed by atoms with Gasteiger partial charge in [0.2, 0.25) is 5.91 Å². The molecule has 6 nitrogen and oxygen atoms in total. The second-order valence-corrected chi connectivity index (χ2v) is 6.34. The number of fused-ring (bicyclic) bond motifs is 1. The van der Waals surface area contributed by atoms with Crippen molar-refractivity contribution in [3.63, 3.8) is 0 Å². The van der Waals surface area contributed by atoms with Crippen LogP contribution in [0, 0.1) is 5.92 Å². The number of carbonyl (C=O) groups is 1. The van der Waals surface area contributed by atoms with E-state index in [4.69, 9.17) is 5.11 Å². The molecule has 3 rings (SSSR count). The molecule has 0 aliphatic rings. The number of amides is 1. The van der Waals surface area contributed by atoms with E-state index in [2.05, 4.69) is 29.1 Å². The van der Waals surface area contributed by atoms with Gasteiger partial charge in [-0.15, -0.1) is 0 Å². The maximum atomic E-state index is 12.7. The molecule has 3 aromatic rings. The molecule has 0 saturated carbocycles. The third-order valence-electron chi connectivity index (χ3n) is 3.93. The average Bonchev–Trinajstić information content (AvgIpc) is 3.20. The molecule has 0 radical (unpaired) electrons. The Bertz CT molecular complexity index is 821. The Morgan fingerprint density at radius 2 is 2.08 bits per heavy atom. The number of nitrogens with zero attached hydrogens (tertiary/aromatic N) is 2. The van der Waals surface area contributed by atoms with Crippen molar-refractivity contribution in [1.29, 1.82) is 0 Å². The first kappa shape index (κ1) is 16.3. The Kier molecular flexibility index (Phi) is 4.66. The van der Waals surface area contributed by atoms with Crippen LogP contribution in [-0.4, -0.2) is 25.5 Å². The van der Waals surface area contributed by atoms with Gasteiger partial charge in [0.25, 0.3) is 0 Å². The van der Waals surface area contributed by atoms with Crippen molar-refractivity contribution in [3.05, 3.63) is 48.5 Å². The van der Waals surface area contributed by atoms with Crippen LogP contribution in [0.5, 0.6) is 0 Å². The first-order valence-electron chi connectivity index (χ1n) is 8.09. The van der Waals surface area contributed by atoms with Gasteiger partial charge >= 0.3 is 0 Å². The number of anilines is 1. The predicted octanol–water partition coefficient (Wildman–Crippen LogP) is 3.08. The van der Waals surface area contributed by atoms with Gasteiger partial charge < -0.3 is 20.0 Å². The highest BCUT2D eigenvalue weighted by Gasteiger charge is 2.21. The first-order chi connectivity index (χ1) is 11.6. The summed E-state index contributed by atoms with van der Waals surface area (Å²) in [5.41, 5.74) is 2.26. The highest BCUT2D eigenvalue weighted by molar-refractivity contribution is 5.95. The van der Waals surface area contributed by atoms with Crippen LogP contribution in [0.1, 0.15) is 32.1 Å². The van der Waals surface area contributed by atoms with E-state index >= 15 is 0 Å². The quantitative estimate of drug-likeness (QED) is 0.651. The van der Waals surface area contributed by atoms with Gasteiger partial charge in [-0.05, 0) is 42.7 Å². The summed E-state index contributed by atoms with van der Waals surface area (Å²) in [7, 11) is 0. The fraction of sp³-hybridized carbons (Fsp3) is 0.333. The second-order valence-electron chi connectivity index (χ2n) is 6.34. The van der Waals surface area contributed by atoms with Crippen molar-refractivity contribution >= 4 is 22.6 Å². The molecule has 0 fully saturated rings. The van der Waals surface area contributed by atoms with Crippen LogP contribution in [0.25, 0.3) is 11.0 Å². The molecule has 0 aliphatic heterocycles. The fourth-order valence-electron chi connectivity index (χ4n) is 2.81. The summed E-state index contributed by atoms with van der Waals surface area (Å²) in [6, 6.07) is 9.09. The molecule has 2 aromatic heterocycles. The number of aromatic nitrogens is 3. The van der Waals surface area contributed by atoms with Crippen molar-refractivity contribution < 1.29 is 9.90 Å². The van der Waals surface area contributed by atoms with Crippen molar-refractivity contribution in [2.75, 3.05) is 5.32 Å². The van der Waals surface area contributed by atoms with Gasteiger partial charge in [-0.2, -0.15) is 0 Å². The number of hydrogen-bond acceptors (Lipinski definition) is 3. The SMILES string of the molecule is CC(C)C[C@@H](C(=O)Nc1ccc2nc(CO)[nH]c2c1)n1cccc1. The minimum atomic E-state index is -0.245. The summed E-state index contributed by atoms with van der Waals surface area (Å²) in [6.07, 6.45) is 4.60. The standard InChI is InChI=1S/C18H22N4O2/c1-12(2)9-16(22-7-3-4-8-22)18(24)19-13-5-6-14-15(10-13)21-17(11-23)20-14/h3-8,10,12,16,23H,9,11H2,1-2H3,(H,19,24)(H,20,21)/t16-/m0/s1. The third-order valence-corrected chi connectivity index (χ3v) is 3.93. The Morgan fingerprint density at radius 1 is 1.33 bits per heavy atom. The van der Waals surface area contributed by atoms with E-state index in [0.29, 0.717) is 17.4 Å². The van der Waals surface area contributed by atoms with Crippen LogP contribution >= 0.6 is 0 Å². The molecule has 6 heteroatoms. The molecular weight excluding hydrogens is 304 g/mol. The lowest BCUT2D eigenvalue weighted by Crippen LogP contribution is -2.26. The van der Waals surface area contributed by atoms with E-state index in [1.54, 1.807) is 0 Å². The molecule has 0 saturated heterocycles. The molecule has 24 heavy (non-hydrogen) atoms. The van der Waals surface area contributed by atoms with Gasteiger partial charge in [-0.1, -0.05) is 13.8 Å². The Morgan fingerprint density at radius 3 is 2.75 bits per heavy atom. The van der Waals surface area contributed by atoms with Crippen molar-refractivity contribution in [3.8, 4) is 0 Å². The normalized spacial score (nSPS) is 12.7. The van der Waals surface area contributed by atoms with Crippen LogP contribution < -0.4 is 5.32 Å². The van der Waals surface area contributed by atoms with E-state index in [1.165, 1.54) is 0 Å². The smallest absolute Gasteiger partial charge is 0.247 e. The molecule has 2 heterocycles. The van der Waals surface area contributed by atoms with Crippen LogP contribution in [0.2, 0.25) is 0 Å². The summed E-state index contributed by atoms with van der Waals surface area (Å²) >= 11 is 0. The summed E-state index contributed by atoms with van der Waals surface area (Å²) in [5.74, 6) is 0.880. The van der Waals surface area contributed by atoms with E-state index in [1.807, 2.05) is 47.3 Å². The lowest BCUT2D eigenvalue weighted by atomic mass is 10.0. The third kappa shape index (κ3) is 3.49. The molecule has 0 aliphatic carbocycles. The van der Waals surface area contributed by atoms with E-state index in [0.717, 1.165) is 17.5 Å². The summed E-state index contributed by atoms with van der Waals surface area (Å²) in [5, 5.41) is 12.1. The van der Waals surface area contributed by atoms with E-state index in [-0.39, 0.29) is 18.6 Å². The summed E-state index contributed by atoms with van der Waals surface area (Å²) in [4.78, 5) is 20.0. The van der Waals surface area contributed by atoms with Crippen molar-refractivity contribution in [2.45, 2.75) is 32.9 Å². The average molecular weight is 326 g/mol. The Labute approximate surface area is 140 Å². The van der Waals surface area contributed by atoms with Crippen molar-refractivity contribution in [1.82, 2.24) is 14.5 Å². The number of benzene rings is 1. The highest BCUT2D eigenvalue weighted by Crippen LogP contribution is 2.22. The molecule has 1 aromatic carbocycles. The maximum Gasteiger partial charge on any atom is 0.247 e. The number of aliphatic hydroxyl groups excluding tert-OH is 1. The number of H-pyrrole nitrogens is 1. The predicted molar refractivity (Wildman–Crippen MR) is 93.6 cm³/mol. The summed E-state index contributed by atoms with van der Waals surface area (Å²) in [6.45, 7) is 4.08. The molecule has 0 spiro atoms. The van der Waals surface area contributed by atoms with E-state index in [9.17, 15) is 4.79 Å². The Hall–Kier alpha value is -2.60. The number of nitrogens with one attached hydrogen (secondary N) is 2. The number of carbonyl (C=O) groups excluding carboxylic acids is 1. The van der Waals surface area contributed by atoms with Gasteiger partial charge in [0, 0.05) is 18.1 Å². The lowest BCUT2D eigenvalue weighted by Gasteiger charge is -2.20. The van der Waals surface area contributed by atoms with Crippen LogP contribution in [0.3, 0.4) is 0 Å². The zero-order valence-corrected chi connectivity index (χ0v) is 13.9. The van der Waals surface area contributed by atoms with Gasteiger partial charge in [0.1, 0.15) is 18.5 Å². The van der Waals surface area contributed by atoms with Crippen LogP contribution in [0.4, 0.5) is 5.69 Å². The highest BCUT2D eigenvalue weighted by atomic mass is 16.3. The van der Waals surface area contributed by atoms with Crippen molar-refractivity contribution in [2.24, 2.45) is 5.92 Å². The summed E-state index contributed by atoms with van der Waals surface area (Å²) < 4.78 is 1.94. The molecular formula is C18H22N4O2. The van der Waals surface area contributed by atoms with Gasteiger partial charge in [-0.25, -0.2) is 4.98 Å². The monoisotopic (exact) mass is 326 g/mol. The largest absolute Gasteiger partial charge is 0.388 e. The first-order valence-corrected chi connectivity index (χ1v) is 8.09. The number of aliphatic hydroxyl groups is 1. The topological polar surface area (TPSA) is 82.9 Å². The Balaban J connectivity index is 1.81. The molecule has 0 bridgehead atoms. The minimum absolute atomic E-state index is 0.0406. The van der Waals surface area contributed by atoms with Crippen LogP contribution in [-0.2, 0) is 11.4 Å². The molecule has 1 atom stereocenters. The fourth-order valence-corrected chi connectivity index (χ4v) is 2.81. The van der Waals surface area contributed by atoms with Gasteiger partial charge in [0.15, 0.2) is 0 Å². The number of imidazole rings is 1. The number of aromatic amines is 1. The number of hydrogen-bond donors (Lipinski definition) is 3. The zero-order chi connectivity index (χ0) is 17.1. The molecule has 0 unspecified atom stereocenters. The van der Waals surface area contributed by atoms with Crippen LogP contribution in [0.15, 0.2) is 42.7 Å². The molecule has 126 valence electrons. The van der Waals surface area contributed by atoms with Gasteiger partial charge in [0.05, 0.1) is 11.0 Å². The van der Waals surface area contributed by atoms with E-state index < -0.39 is 0 Å². The maximum absolute atomic E-state index is 12.7. The van der Waals surface area contributed by atoms with Gasteiger partial charge in [-0.3, -0.25) is 4.79 Å². The second kappa shape index (κ2) is 6.88. The zero-order valence-electron chi connectivity index (χ0n) is 13.9. The minimum Gasteiger partial charge on any atom is -0.388 e. The molecule has 1 amide bonds. The lowest BCUT2D eigenvalue weighted by molar-refractivity contribution is -0.119. The molecule has 3 N–H and O–H groups in total. The number of rotatable bonds is 6.